The van der Waals surface area contributed by atoms with Gasteiger partial charge in [0.05, 0.1) is 17.0 Å². The first kappa shape index (κ1) is 21.2. The molecule has 164 valence electrons. The molecule has 2 aliphatic rings. The number of fused-ring (bicyclic) bond motifs is 1. The first-order chi connectivity index (χ1) is 14.5. The molecule has 2 saturated heterocycles. The van der Waals surface area contributed by atoms with Crippen LogP contribution in [-0.2, 0) is 21.4 Å². The van der Waals surface area contributed by atoms with E-state index in [-0.39, 0.29) is 10.8 Å². The maximum Gasteiger partial charge on any atom is 0.243 e. The molecule has 0 radical (unpaired) electrons. The quantitative estimate of drug-likeness (QED) is 0.596. The number of rotatable bonds is 9. The van der Waals surface area contributed by atoms with Crippen molar-refractivity contribution in [3.63, 3.8) is 0 Å². The van der Waals surface area contributed by atoms with Gasteiger partial charge in [0.2, 0.25) is 15.9 Å². The Hall–Kier alpha value is -2.04. The second-order valence-corrected chi connectivity index (χ2v) is 10.0. The summed E-state index contributed by atoms with van der Waals surface area (Å²) in [5.74, 6) is -0.00620. The van der Waals surface area contributed by atoms with Gasteiger partial charge in [-0.05, 0) is 69.9 Å². The van der Waals surface area contributed by atoms with Crippen LogP contribution in [-0.4, -0.2) is 77.8 Å². The van der Waals surface area contributed by atoms with E-state index in [1.54, 1.807) is 22.9 Å². The molecule has 0 bridgehead atoms. The van der Waals surface area contributed by atoms with Crippen molar-refractivity contribution in [3.05, 3.63) is 18.2 Å². The Labute approximate surface area is 177 Å². The van der Waals surface area contributed by atoms with Crippen LogP contribution in [0.4, 0.5) is 0 Å². The van der Waals surface area contributed by atoms with Crippen LogP contribution in [0.2, 0.25) is 0 Å². The Morgan fingerprint density at radius 1 is 1.03 bits per heavy atom. The van der Waals surface area contributed by atoms with Gasteiger partial charge in [0.15, 0.2) is 0 Å². The fraction of sp³-hybridized carbons (Fsp3) is 0.650. The highest BCUT2D eigenvalue weighted by atomic mass is 32.2. The van der Waals surface area contributed by atoms with Crippen molar-refractivity contribution < 1.29 is 13.2 Å². The summed E-state index contributed by atoms with van der Waals surface area (Å²) in [6.45, 7) is 5.62. The van der Waals surface area contributed by atoms with E-state index in [1.165, 1.54) is 30.2 Å². The second kappa shape index (κ2) is 9.40. The first-order valence-corrected chi connectivity index (χ1v) is 12.3. The van der Waals surface area contributed by atoms with Crippen LogP contribution < -0.4 is 5.32 Å². The zero-order valence-corrected chi connectivity index (χ0v) is 18.1. The number of hydrogen-bond donors (Lipinski definition) is 1. The largest absolute Gasteiger partial charge is 0.356 e. The Bertz CT molecular complexity index is 978. The molecule has 2 aromatic rings. The highest BCUT2D eigenvalue weighted by Gasteiger charge is 2.27. The molecule has 9 nitrogen and oxygen atoms in total. The highest BCUT2D eigenvalue weighted by Crippen LogP contribution is 2.23. The lowest BCUT2D eigenvalue weighted by atomic mass is 10.3. The summed E-state index contributed by atoms with van der Waals surface area (Å²) in [5, 5.41) is 11.2. The number of likely N-dealkylation sites (tertiary alicyclic amines) is 1. The Morgan fingerprint density at radius 2 is 1.77 bits per heavy atom. The van der Waals surface area contributed by atoms with Gasteiger partial charge < -0.3 is 10.2 Å². The number of aromatic nitrogens is 3. The van der Waals surface area contributed by atoms with Gasteiger partial charge in [-0.25, -0.2) is 13.1 Å². The number of hydrogen-bond acceptors (Lipinski definition) is 6. The van der Waals surface area contributed by atoms with E-state index in [9.17, 15) is 13.2 Å². The van der Waals surface area contributed by atoms with Crippen molar-refractivity contribution in [1.82, 2.24) is 29.5 Å². The summed E-state index contributed by atoms with van der Waals surface area (Å²) < 4.78 is 28.6. The normalized spacial score (nSPS) is 18.4. The number of benzene rings is 1. The van der Waals surface area contributed by atoms with Gasteiger partial charge in [-0.15, -0.1) is 5.10 Å². The van der Waals surface area contributed by atoms with Crippen molar-refractivity contribution in [3.8, 4) is 0 Å². The van der Waals surface area contributed by atoms with Gasteiger partial charge in [-0.3, -0.25) is 4.79 Å². The average molecular weight is 435 g/mol. The van der Waals surface area contributed by atoms with E-state index in [4.69, 9.17) is 0 Å². The van der Waals surface area contributed by atoms with Gasteiger partial charge >= 0.3 is 0 Å². The minimum Gasteiger partial charge on any atom is -0.356 e. The van der Waals surface area contributed by atoms with Crippen LogP contribution in [0.25, 0.3) is 11.0 Å². The third kappa shape index (κ3) is 4.81. The molecule has 0 unspecified atom stereocenters. The molecule has 3 heterocycles. The summed E-state index contributed by atoms with van der Waals surface area (Å²) in [5.41, 5.74) is 1.26. The van der Waals surface area contributed by atoms with Gasteiger partial charge in [0.25, 0.3) is 0 Å². The van der Waals surface area contributed by atoms with Crippen molar-refractivity contribution in [2.75, 3.05) is 39.3 Å². The van der Waals surface area contributed by atoms with Crippen LogP contribution in [0.15, 0.2) is 23.1 Å². The standard InChI is InChI=1S/C20H30N6O3S/c27-20(21-9-5-12-24-10-1-2-11-24)8-15-26-19-7-6-17(16-18(19)22-23-26)30(28,29)25-13-3-4-14-25/h6-7,16H,1-5,8-15H2,(H,21,27). The number of sulfonamides is 1. The average Bonchev–Trinajstić information content (AvgIpc) is 3.51. The van der Waals surface area contributed by atoms with Crippen molar-refractivity contribution in [2.45, 2.75) is 50.0 Å². The third-order valence-corrected chi connectivity index (χ3v) is 7.81. The lowest BCUT2D eigenvalue weighted by Crippen LogP contribution is -2.29. The van der Waals surface area contributed by atoms with Crippen LogP contribution >= 0.6 is 0 Å². The molecule has 4 rings (SSSR count). The molecule has 0 atom stereocenters. The highest BCUT2D eigenvalue weighted by molar-refractivity contribution is 7.89. The minimum atomic E-state index is -3.48. The predicted molar refractivity (Wildman–Crippen MR) is 113 cm³/mol. The van der Waals surface area contributed by atoms with E-state index in [1.807, 2.05) is 0 Å². The van der Waals surface area contributed by atoms with Crippen LogP contribution in [0, 0.1) is 0 Å². The number of carbonyl (C=O) groups is 1. The van der Waals surface area contributed by atoms with E-state index in [0.717, 1.165) is 31.3 Å². The van der Waals surface area contributed by atoms with Gasteiger partial charge in [0, 0.05) is 26.1 Å². The maximum atomic E-state index is 12.7. The molecule has 1 amide bonds. The van der Waals surface area contributed by atoms with Crippen LogP contribution in [0.1, 0.15) is 38.5 Å². The zero-order chi connectivity index (χ0) is 21.0. The number of aryl methyl sites for hydroxylation is 1. The van der Waals surface area contributed by atoms with Crippen molar-refractivity contribution in [2.24, 2.45) is 0 Å². The van der Waals surface area contributed by atoms with E-state index in [2.05, 4.69) is 20.5 Å². The molecule has 1 aromatic carbocycles. The lowest BCUT2D eigenvalue weighted by molar-refractivity contribution is -0.121. The summed E-state index contributed by atoms with van der Waals surface area (Å²) in [6.07, 6.45) is 5.64. The Kier molecular flexibility index (Phi) is 6.64. The smallest absolute Gasteiger partial charge is 0.243 e. The summed E-state index contributed by atoms with van der Waals surface area (Å²) >= 11 is 0. The Balaban J connectivity index is 1.29. The monoisotopic (exact) mass is 434 g/mol. The second-order valence-electron chi connectivity index (χ2n) is 8.08. The van der Waals surface area contributed by atoms with Gasteiger partial charge in [-0.2, -0.15) is 4.31 Å². The molecule has 2 fully saturated rings. The fourth-order valence-corrected chi connectivity index (χ4v) is 5.73. The van der Waals surface area contributed by atoms with E-state index in [0.29, 0.717) is 38.1 Å². The number of nitrogens with zero attached hydrogens (tertiary/aromatic N) is 5. The van der Waals surface area contributed by atoms with Crippen LogP contribution in [0.5, 0.6) is 0 Å². The number of nitrogens with one attached hydrogen (secondary N) is 1. The molecule has 10 heteroatoms. The topological polar surface area (TPSA) is 100 Å². The molecule has 30 heavy (non-hydrogen) atoms. The SMILES string of the molecule is O=C(CCn1nnc2cc(S(=O)(=O)N3CCCC3)ccc21)NCCCN1CCCC1. The minimum absolute atomic E-state index is 0.00620. The Morgan fingerprint density at radius 3 is 2.53 bits per heavy atom. The van der Waals surface area contributed by atoms with Crippen molar-refractivity contribution >= 4 is 27.0 Å². The molecule has 2 aliphatic heterocycles. The third-order valence-electron chi connectivity index (χ3n) is 5.91. The molecule has 0 spiro atoms. The van der Waals surface area contributed by atoms with Gasteiger partial charge in [-0.1, -0.05) is 5.21 Å². The summed E-state index contributed by atoms with van der Waals surface area (Å²) in [7, 11) is -3.48. The first-order valence-electron chi connectivity index (χ1n) is 10.9. The number of amides is 1. The van der Waals surface area contributed by atoms with Crippen LogP contribution in [0.3, 0.4) is 0 Å². The summed E-state index contributed by atoms with van der Waals surface area (Å²) in [6, 6.07) is 4.91. The molecule has 1 aromatic heterocycles. The molecular weight excluding hydrogens is 404 g/mol. The molecule has 1 N–H and O–H groups in total. The number of carbonyl (C=O) groups excluding carboxylic acids is 1. The van der Waals surface area contributed by atoms with Crippen molar-refractivity contribution in [1.29, 1.82) is 0 Å². The van der Waals surface area contributed by atoms with E-state index < -0.39 is 10.0 Å². The van der Waals surface area contributed by atoms with Gasteiger partial charge in [0.1, 0.15) is 5.52 Å². The maximum absolute atomic E-state index is 12.7. The molecular formula is C20H30N6O3S. The molecule has 0 saturated carbocycles. The molecule has 0 aliphatic carbocycles. The fourth-order valence-electron chi connectivity index (χ4n) is 4.19. The lowest BCUT2D eigenvalue weighted by Gasteiger charge is -2.15. The predicted octanol–water partition coefficient (Wildman–Crippen LogP) is 1.21. The zero-order valence-electron chi connectivity index (χ0n) is 17.3. The van der Waals surface area contributed by atoms with E-state index >= 15 is 0 Å². The summed E-state index contributed by atoms with van der Waals surface area (Å²) in [4.78, 5) is 14.8.